The standard InChI is InChI=1S/C22H27N3O5S3/c1-2-30-21(26)19-17-8-3-4-9-18(17)32-20(19)24-22(31)23-15-6-5-7-16(14-15)33(27,28)25-10-12-29-13-11-25/h5-7,14H,2-4,8-13H2,1H3,(H2,23,24,31). The number of aryl methyl sites for hydroxylation is 1. The van der Waals surface area contributed by atoms with Gasteiger partial charge in [-0.15, -0.1) is 11.3 Å². The van der Waals surface area contributed by atoms with Crippen molar-refractivity contribution in [3.8, 4) is 0 Å². The lowest BCUT2D eigenvalue weighted by molar-refractivity contribution is 0.0526. The Labute approximate surface area is 203 Å². The van der Waals surface area contributed by atoms with Crippen molar-refractivity contribution in [1.29, 1.82) is 0 Å². The Bertz CT molecular complexity index is 1140. The zero-order valence-electron chi connectivity index (χ0n) is 18.4. The van der Waals surface area contributed by atoms with Gasteiger partial charge in [0.2, 0.25) is 10.0 Å². The molecule has 11 heteroatoms. The van der Waals surface area contributed by atoms with Crippen LogP contribution in [0.3, 0.4) is 0 Å². The minimum atomic E-state index is -3.62. The molecule has 1 aromatic carbocycles. The fourth-order valence-electron chi connectivity index (χ4n) is 4.01. The van der Waals surface area contributed by atoms with Gasteiger partial charge in [0.05, 0.1) is 30.3 Å². The molecule has 8 nitrogen and oxygen atoms in total. The molecule has 0 saturated carbocycles. The summed E-state index contributed by atoms with van der Waals surface area (Å²) in [6.45, 7) is 3.53. The van der Waals surface area contributed by atoms with Crippen LogP contribution in [-0.2, 0) is 32.3 Å². The van der Waals surface area contributed by atoms with Crippen LogP contribution in [0.25, 0.3) is 0 Å². The Hall–Kier alpha value is -2.05. The van der Waals surface area contributed by atoms with E-state index in [2.05, 4.69) is 10.6 Å². The van der Waals surface area contributed by atoms with E-state index in [0.717, 1.165) is 31.2 Å². The number of ether oxygens (including phenoxy) is 2. The monoisotopic (exact) mass is 509 g/mol. The van der Waals surface area contributed by atoms with Gasteiger partial charge in [0.25, 0.3) is 0 Å². The van der Waals surface area contributed by atoms with Crippen LogP contribution in [0.5, 0.6) is 0 Å². The lowest BCUT2D eigenvalue weighted by atomic mass is 9.95. The fraction of sp³-hybridized carbons (Fsp3) is 0.455. The van der Waals surface area contributed by atoms with E-state index in [0.29, 0.717) is 49.2 Å². The lowest BCUT2D eigenvalue weighted by Gasteiger charge is -2.26. The zero-order chi connectivity index (χ0) is 23.4. The first-order chi connectivity index (χ1) is 15.9. The molecule has 0 amide bonds. The summed E-state index contributed by atoms with van der Waals surface area (Å²) in [6.07, 6.45) is 3.93. The third kappa shape index (κ3) is 5.38. The molecule has 0 atom stereocenters. The minimum absolute atomic E-state index is 0.191. The summed E-state index contributed by atoms with van der Waals surface area (Å²) in [5.41, 5.74) is 2.15. The summed E-state index contributed by atoms with van der Waals surface area (Å²) < 4.78 is 37.9. The molecule has 4 rings (SSSR count). The van der Waals surface area contributed by atoms with E-state index in [9.17, 15) is 13.2 Å². The number of sulfonamides is 1. The molecule has 0 spiro atoms. The highest BCUT2D eigenvalue weighted by molar-refractivity contribution is 7.89. The highest BCUT2D eigenvalue weighted by Gasteiger charge is 2.28. The molecule has 1 aliphatic heterocycles. The van der Waals surface area contributed by atoms with Gasteiger partial charge in [0, 0.05) is 23.7 Å². The molecule has 1 saturated heterocycles. The third-order valence-corrected chi connectivity index (χ3v) is 8.88. The molecular weight excluding hydrogens is 482 g/mol. The number of hydrogen-bond acceptors (Lipinski definition) is 7. The maximum Gasteiger partial charge on any atom is 0.341 e. The number of thiophene rings is 1. The Morgan fingerprint density at radius 2 is 1.97 bits per heavy atom. The Kier molecular flexibility index (Phi) is 7.65. The molecule has 2 aromatic rings. The molecule has 33 heavy (non-hydrogen) atoms. The van der Waals surface area contributed by atoms with Crippen LogP contribution in [0.4, 0.5) is 10.7 Å². The number of nitrogens with zero attached hydrogens (tertiary/aromatic N) is 1. The first-order valence-electron chi connectivity index (χ1n) is 11.0. The maximum absolute atomic E-state index is 13.0. The number of benzene rings is 1. The van der Waals surface area contributed by atoms with Crippen LogP contribution in [0.15, 0.2) is 29.2 Å². The van der Waals surface area contributed by atoms with Gasteiger partial charge >= 0.3 is 5.97 Å². The maximum atomic E-state index is 13.0. The van der Waals surface area contributed by atoms with Gasteiger partial charge in [0.15, 0.2) is 5.11 Å². The van der Waals surface area contributed by atoms with Gasteiger partial charge in [-0.25, -0.2) is 13.2 Å². The van der Waals surface area contributed by atoms with Crippen LogP contribution >= 0.6 is 23.6 Å². The second-order valence-corrected chi connectivity index (χ2v) is 11.2. The number of hydrogen-bond donors (Lipinski definition) is 2. The first-order valence-corrected chi connectivity index (χ1v) is 13.6. The van der Waals surface area contributed by atoms with E-state index < -0.39 is 10.0 Å². The van der Waals surface area contributed by atoms with Crippen LogP contribution in [0.2, 0.25) is 0 Å². The number of anilines is 2. The normalized spacial score (nSPS) is 16.6. The number of fused-ring (bicyclic) bond motifs is 1. The number of esters is 1. The van der Waals surface area contributed by atoms with E-state index in [1.54, 1.807) is 31.2 Å². The molecule has 1 aliphatic carbocycles. The summed E-state index contributed by atoms with van der Waals surface area (Å²) in [7, 11) is -3.62. The molecule has 0 bridgehead atoms. The van der Waals surface area contributed by atoms with Crippen molar-refractivity contribution in [3.63, 3.8) is 0 Å². The second kappa shape index (κ2) is 10.5. The van der Waals surface area contributed by atoms with Gasteiger partial charge in [-0.2, -0.15) is 4.31 Å². The molecule has 0 radical (unpaired) electrons. The van der Waals surface area contributed by atoms with E-state index in [-0.39, 0.29) is 16.0 Å². The van der Waals surface area contributed by atoms with Crippen molar-refractivity contribution in [2.75, 3.05) is 43.5 Å². The second-order valence-electron chi connectivity index (χ2n) is 7.76. The van der Waals surface area contributed by atoms with Crippen LogP contribution in [-0.4, -0.2) is 56.7 Å². The van der Waals surface area contributed by atoms with Gasteiger partial charge < -0.3 is 20.1 Å². The molecule has 1 aromatic heterocycles. The van der Waals surface area contributed by atoms with Gasteiger partial charge in [-0.1, -0.05) is 6.07 Å². The number of thiocarbonyl (C=S) groups is 1. The predicted molar refractivity (Wildman–Crippen MR) is 133 cm³/mol. The first kappa shape index (κ1) is 24.1. The topological polar surface area (TPSA) is 97.0 Å². The highest BCUT2D eigenvalue weighted by Crippen LogP contribution is 2.38. The minimum Gasteiger partial charge on any atom is -0.462 e. The number of carbonyl (C=O) groups is 1. The smallest absolute Gasteiger partial charge is 0.341 e. The van der Waals surface area contributed by atoms with Crippen molar-refractivity contribution in [1.82, 2.24) is 4.31 Å². The molecule has 2 aliphatic rings. The van der Waals surface area contributed by atoms with Gasteiger partial charge in [0.1, 0.15) is 5.00 Å². The number of rotatable bonds is 6. The van der Waals surface area contributed by atoms with E-state index in [1.807, 2.05) is 0 Å². The third-order valence-electron chi connectivity index (χ3n) is 5.58. The summed E-state index contributed by atoms with van der Waals surface area (Å²) in [5, 5.41) is 7.13. The summed E-state index contributed by atoms with van der Waals surface area (Å²) in [6, 6.07) is 6.55. The Morgan fingerprint density at radius 3 is 2.73 bits per heavy atom. The summed E-state index contributed by atoms with van der Waals surface area (Å²) in [5.74, 6) is -0.346. The highest BCUT2D eigenvalue weighted by atomic mass is 32.2. The van der Waals surface area contributed by atoms with E-state index >= 15 is 0 Å². The van der Waals surface area contributed by atoms with Crippen molar-refractivity contribution >= 4 is 55.3 Å². The molecule has 1 fully saturated rings. The molecular formula is C22H27N3O5S3. The van der Waals surface area contributed by atoms with Crippen LogP contribution < -0.4 is 10.6 Å². The fourth-order valence-corrected chi connectivity index (χ4v) is 7.03. The van der Waals surface area contributed by atoms with E-state index in [1.165, 1.54) is 20.5 Å². The predicted octanol–water partition coefficient (Wildman–Crippen LogP) is 3.63. The van der Waals surface area contributed by atoms with E-state index in [4.69, 9.17) is 21.7 Å². The average Bonchev–Trinajstić information content (AvgIpc) is 3.17. The van der Waals surface area contributed by atoms with Gasteiger partial charge in [-0.3, -0.25) is 0 Å². The number of carbonyl (C=O) groups excluding carboxylic acids is 1. The lowest BCUT2D eigenvalue weighted by Crippen LogP contribution is -2.40. The van der Waals surface area contributed by atoms with Gasteiger partial charge in [-0.05, 0) is 68.6 Å². The van der Waals surface area contributed by atoms with Crippen molar-refractivity contribution in [3.05, 3.63) is 40.3 Å². The summed E-state index contributed by atoms with van der Waals surface area (Å²) in [4.78, 5) is 14.0. The number of nitrogens with one attached hydrogen (secondary N) is 2. The zero-order valence-corrected chi connectivity index (χ0v) is 20.8. The largest absolute Gasteiger partial charge is 0.462 e. The van der Waals surface area contributed by atoms with Crippen LogP contribution in [0, 0.1) is 0 Å². The SMILES string of the molecule is CCOC(=O)c1c(NC(=S)Nc2cccc(S(=O)(=O)N3CCOCC3)c2)sc2c1CCCC2. The number of morpholine rings is 1. The van der Waals surface area contributed by atoms with Crippen molar-refractivity contribution < 1.29 is 22.7 Å². The van der Waals surface area contributed by atoms with Crippen molar-refractivity contribution in [2.24, 2.45) is 0 Å². The molecule has 2 N–H and O–H groups in total. The molecule has 178 valence electrons. The quantitative estimate of drug-likeness (QED) is 0.450. The summed E-state index contributed by atoms with van der Waals surface area (Å²) >= 11 is 7.01. The molecule has 0 unspecified atom stereocenters. The van der Waals surface area contributed by atoms with Crippen molar-refractivity contribution in [2.45, 2.75) is 37.5 Å². The van der Waals surface area contributed by atoms with Crippen LogP contribution in [0.1, 0.15) is 40.6 Å². The molecule has 2 heterocycles. The Balaban J connectivity index is 1.51. The average molecular weight is 510 g/mol. The Morgan fingerprint density at radius 1 is 1.21 bits per heavy atom.